The van der Waals surface area contributed by atoms with E-state index in [-0.39, 0.29) is 17.7 Å². The molecule has 0 aromatic heterocycles. The molecule has 1 aliphatic carbocycles. The number of rotatable bonds is 7. The normalized spacial score (nSPS) is 18.8. The second-order valence-electron chi connectivity index (χ2n) is 9.14. The molecular weight excluding hydrogens is 452 g/mol. The van der Waals surface area contributed by atoms with Gasteiger partial charge in [-0.25, -0.2) is 0 Å². The average molecular weight is 485 g/mol. The first-order chi connectivity index (χ1) is 17.6. The van der Waals surface area contributed by atoms with Gasteiger partial charge in [-0.3, -0.25) is 4.79 Å². The first-order valence-electron chi connectivity index (χ1n) is 12.5. The Kier molecular flexibility index (Phi) is 6.85. The molecule has 186 valence electrons. The number of hydrogen-bond donors (Lipinski definition) is 2. The Morgan fingerprint density at radius 3 is 2.31 bits per heavy atom. The third kappa shape index (κ3) is 4.39. The summed E-state index contributed by atoms with van der Waals surface area (Å²) < 4.78 is 17.5. The molecule has 5 rings (SSSR count). The van der Waals surface area contributed by atoms with Gasteiger partial charge < -0.3 is 24.8 Å². The van der Waals surface area contributed by atoms with E-state index in [1.807, 2.05) is 60.7 Å². The van der Waals surface area contributed by atoms with Gasteiger partial charge in [0.25, 0.3) is 0 Å². The van der Waals surface area contributed by atoms with Crippen LogP contribution >= 0.6 is 0 Å². The Hall–Kier alpha value is -3.93. The lowest BCUT2D eigenvalue weighted by Gasteiger charge is -2.31. The van der Waals surface area contributed by atoms with Gasteiger partial charge in [0.15, 0.2) is 17.3 Å². The number of ether oxygens (including phenoxy) is 3. The maximum absolute atomic E-state index is 13.9. The first-order valence-corrected chi connectivity index (χ1v) is 12.5. The molecule has 0 amide bonds. The SMILES string of the molecule is CCCOc1c(OC)cccc1C1Nc2ccccc2NC2=C1C(=O)CC(c1ccccc1OC)C2. The molecule has 0 bridgehead atoms. The lowest BCUT2D eigenvalue weighted by molar-refractivity contribution is -0.116. The van der Waals surface area contributed by atoms with Crippen molar-refractivity contribution in [2.45, 2.75) is 38.1 Å². The molecule has 1 heterocycles. The van der Waals surface area contributed by atoms with Crippen LogP contribution in [0.25, 0.3) is 0 Å². The Bertz CT molecular complexity index is 1300. The molecule has 2 unspecified atom stereocenters. The van der Waals surface area contributed by atoms with E-state index in [0.29, 0.717) is 30.9 Å². The van der Waals surface area contributed by atoms with Gasteiger partial charge in [-0.05, 0) is 42.7 Å². The number of para-hydroxylation sites is 4. The highest BCUT2D eigenvalue weighted by Gasteiger charge is 2.38. The molecule has 3 aromatic carbocycles. The molecule has 0 spiro atoms. The largest absolute Gasteiger partial charge is 0.496 e. The number of allylic oxidation sites excluding steroid dienone is 1. The molecule has 6 nitrogen and oxygen atoms in total. The standard InChI is InChI=1S/C30H32N2O4/c1-4-16-36-30-21(11-9-15-27(30)35-3)29-28-24(31-22-12-6-7-13-23(22)32-29)17-19(18-25(28)33)20-10-5-8-14-26(20)34-2/h5-15,19,29,31-32H,4,16-18H2,1-3H3. The summed E-state index contributed by atoms with van der Waals surface area (Å²) in [6.07, 6.45) is 1.97. The number of anilines is 2. The van der Waals surface area contributed by atoms with Gasteiger partial charge in [-0.15, -0.1) is 0 Å². The Balaban J connectivity index is 1.64. The summed E-state index contributed by atoms with van der Waals surface area (Å²) in [6.45, 7) is 2.63. The van der Waals surface area contributed by atoms with Crippen molar-refractivity contribution >= 4 is 17.2 Å². The van der Waals surface area contributed by atoms with Gasteiger partial charge >= 0.3 is 0 Å². The fourth-order valence-electron chi connectivity index (χ4n) is 5.23. The van der Waals surface area contributed by atoms with Crippen molar-refractivity contribution in [2.24, 2.45) is 0 Å². The van der Waals surface area contributed by atoms with Crippen molar-refractivity contribution in [1.29, 1.82) is 0 Å². The van der Waals surface area contributed by atoms with Crippen molar-refractivity contribution in [3.63, 3.8) is 0 Å². The lowest BCUT2D eigenvalue weighted by Crippen LogP contribution is -2.27. The van der Waals surface area contributed by atoms with Crippen LogP contribution in [0.3, 0.4) is 0 Å². The second-order valence-corrected chi connectivity index (χ2v) is 9.14. The van der Waals surface area contributed by atoms with Crippen molar-refractivity contribution < 1.29 is 19.0 Å². The zero-order chi connectivity index (χ0) is 25.1. The number of ketones is 1. The van der Waals surface area contributed by atoms with Crippen LogP contribution in [-0.4, -0.2) is 26.6 Å². The van der Waals surface area contributed by atoms with Gasteiger partial charge in [0.05, 0.1) is 38.2 Å². The van der Waals surface area contributed by atoms with Gasteiger partial charge in [0.1, 0.15) is 5.75 Å². The third-order valence-corrected chi connectivity index (χ3v) is 6.88. The number of carbonyl (C=O) groups is 1. The smallest absolute Gasteiger partial charge is 0.166 e. The summed E-state index contributed by atoms with van der Waals surface area (Å²) >= 11 is 0. The summed E-state index contributed by atoms with van der Waals surface area (Å²) in [7, 11) is 3.32. The van der Waals surface area contributed by atoms with E-state index in [4.69, 9.17) is 14.2 Å². The molecule has 36 heavy (non-hydrogen) atoms. The minimum atomic E-state index is -0.385. The average Bonchev–Trinajstić information content (AvgIpc) is 3.08. The number of methoxy groups -OCH3 is 2. The maximum atomic E-state index is 13.9. The van der Waals surface area contributed by atoms with Crippen LogP contribution < -0.4 is 24.8 Å². The molecule has 0 saturated carbocycles. The second kappa shape index (κ2) is 10.4. The molecular formula is C30H32N2O4. The molecule has 0 radical (unpaired) electrons. The Labute approximate surface area is 212 Å². The number of Topliss-reactive ketones (excluding diaryl/α,β-unsaturated/α-hetero) is 1. The number of nitrogens with one attached hydrogen (secondary N) is 2. The molecule has 3 aromatic rings. The van der Waals surface area contributed by atoms with Crippen LogP contribution in [0.15, 0.2) is 78.0 Å². The Morgan fingerprint density at radius 2 is 1.53 bits per heavy atom. The van der Waals surface area contributed by atoms with Gasteiger partial charge in [0, 0.05) is 29.2 Å². The van der Waals surface area contributed by atoms with Crippen LogP contribution in [0.2, 0.25) is 0 Å². The van der Waals surface area contributed by atoms with E-state index in [1.165, 1.54) is 0 Å². The number of benzene rings is 3. The fraction of sp³-hybridized carbons (Fsp3) is 0.300. The van der Waals surface area contributed by atoms with Crippen LogP contribution in [0.4, 0.5) is 11.4 Å². The number of carbonyl (C=O) groups excluding carboxylic acids is 1. The molecule has 1 aliphatic heterocycles. The minimum Gasteiger partial charge on any atom is -0.496 e. The summed E-state index contributed by atoms with van der Waals surface area (Å²) in [5.74, 6) is 2.27. The summed E-state index contributed by atoms with van der Waals surface area (Å²) in [6, 6.07) is 21.5. The molecule has 2 atom stereocenters. The van der Waals surface area contributed by atoms with E-state index in [0.717, 1.165) is 45.9 Å². The first kappa shape index (κ1) is 23.8. The molecule has 2 aliphatic rings. The molecule has 0 saturated heterocycles. The minimum absolute atomic E-state index is 0.0203. The van der Waals surface area contributed by atoms with E-state index < -0.39 is 0 Å². The Morgan fingerprint density at radius 1 is 0.833 bits per heavy atom. The van der Waals surface area contributed by atoms with Crippen molar-refractivity contribution in [3.05, 3.63) is 89.1 Å². The van der Waals surface area contributed by atoms with Gasteiger partial charge in [-0.2, -0.15) is 0 Å². The van der Waals surface area contributed by atoms with E-state index >= 15 is 0 Å². The molecule has 0 fully saturated rings. The van der Waals surface area contributed by atoms with Crippen molar-refractivity contribution in [2.75, 3.05) is 31.5 Å². The zero-order valence-corrected chi connectivity index (χ0v) is 21.0. The summed E-state index contributed by atoms with van der Waals surface area (Å²) in [5, 5.41) is 7.25. The van der Waals surface area contributed by atoms with Crippen LogP contribution in [0, 0.1) is 0 Å². The predicted molar refractivity (Wildman–Crippen MR) is 142 cm³/mol. The highest BCUT2D eigenvalue weighted by Crippen LogP contribution is 2.48. The monoisotopic (exact) mass is 484 g/mol. The fourth-order valence-corrected chi connectivity index (χ4v) is 5.23. The summed E-state index contributed by atoms with van der Waals surface area (Å²) in [5.41, 5.74) is 5.48. The topological polar surface area (TPSA) is 68.8 Å². The van der Waals surface area contributed by atoms with Crippen LogP contribution in [-0.2, 0) is 4.79 Å². The maximum Gasteiger partial charge on any atom is 0.166 e. The van der Waals surface area contributed by atoms with Crippen molar-refractivity contribution in [1.82, 2.24) is 0 Å². The highest BCUT2D eigenvalue weighted by molar-refractivity contribution is 6.01. The molecule has 6 heteroatoms. The van der Waals surface area contributed by atoms with Crippen LogP contribution in [0.1, 0.15) is 49.3 Å². The van der Waals surface area contributed by atoms with E-state index in [1.54, 1.807) is 14.2 Å². The molecule has 2 N–H and O–H groups in total. The third-order valence-electron chi connectivity index (χ3n) is 6.88. The lowest BCUT2D eigenvalue weighted by atomic mass is 9.78. The predicted octanol–water partition coefficient (Wildman–Crippen LogP) is 6.47. The zero-order valence-electron chi connectivity index (χ0n) is 21.0. The van der Waals surface area contributed by atoms with Crippen molar-refractivity contribution in [3.8, 4) is 17.2 Å². The summed E-state index contributed by atoms with van der Waals surface area (Å²) in [4.78, 5) is 13.9. The highest BCUT2D eigenvalue weighted by atomic mass is 16.5. The van der Waals surface area contributed by atoms with Gasteiger partial charge in [-0.1, -0.05) is 49.4 Å². The number of hydrogen-bond acceptors (Lipinski definition) is 6. The van der Waals surface area contributed by atoms with E-state index in [9.17, 15) is 4.79 Å². The quantitative estimate of drug-likeness (QED) is 0.400. The van der Waals surface area contributed by atoms with Gasteiger partial charge in [0.2, 0.25) is 0 Å². The van der Waals surface area contributed by atoms with Crippen LogP contribution in [0.5, 0.6) is 17.2 Å². The number of fused-ring (bicyclic) bond motifs is 1. The van der Waals surface area contributed by atoms with E-state index in [2.05, 4.69) is 23.6 Å².